The van der Waals surface area contributed by atoms with E-state index in [2.05, 4.69) is 0 Å². The maximum absolute atomic E-state index is 11.0. The largest absolute Gasteiger partial charge is 1.00 e. The van der Waals surface area contributed by atoms with E-state index in [0.29, 0.717) is 0 Å². The minimum absolute atomic E-state index is 0. The van der Waals surface area contributed by atoms with Gasteiger partial charge in [-0.1, -0.05) is 24.3 Å². The molecule has 0 radical (unpaired) electrons. The molecule has 0 unspecified atom stereocenters. The van der Waals surface area contributed by atoms with Crippen LogP contribution in [0.3, 0.4) is 0 Å². The quantitative estimate of drug-likeness (QED) is 0.523. The van der Waals surface area contributed by atoms with Gasteiger partial charge < -0.3 is 9.84 Å². The predicted molar refractivity (Wildman–Crippen MR) is 49.9 cm³/mol. The van der Waals surface area contributed by atoms with Gasteiger partial charge >= 0.3 is 18.9 Å². The molecule has 14 heavy (non-hydrogen) atoms. The van der Waals surface area contributed by atoms with Crippen LogP contribution in [0.2, 0.25) is 0 Å². The number of hydrogen-bond donors (Lipinski definition) is 0. The second-order valence-electron chi connectivity index (χ2n) is 2.87. The normalized spacial score (nSPS) is 9.50. The minimum atomic E-state index is 0. The molecule has 0 aliphatic heterocycles. The predicted octanol–water partition coefficient (Wildman–Crippen LogP) is -1.07. The Labute approximate surface area is 94.7 Å². The summed E-state index contributed by atoms with van der Waals surface area (Å²) in [5.74, 6) is 0.804. The Morgan fingerprint density at radius 1 is 1.00 bits per heavy atom. The van der Waals surface area contributed by atoms with E-state index in [9.17, 15) is 5.11 Å². The summed E-state index contributed by atoms with van der Waals surface area (Å²) >= 11 is 0. The van der Waals surface area contributed by atoms with Crippen LogP contribution in [0.25, 0.3) is 10.8 Å². The van der Waals surface area contributed by atoms with Gasteiger partial charge in [-0.25, -0.2) is 0 Å². The topological polar surface area (TPSA) is 32.3 Å². The van der Waals surface area contributed by atoms with Crippen molar-refractivity contribution in [1.29, 1.82) is 0 Å². The molecule has 3 heteroatoms. The van der Waals surface area contributed by atoms with Gasteiger partial charge in [-0.05, 0) is 22.9 Å². The summed E-state index contributed by atoms with van der Waals surface area (Å²) in [5.41, 5.74) is 0. The molecule has 66 valence electrons. The molecule has 0 saturated heterocycles. The monoisotopic (exact) mass is 180 g/mol. The third-order valence-corrected chi connectivity index (χ3v) is 2.02. The number of benzene rings is 2. The van der Waals surface area contributed by atoms with Crippen LogP contribution >= 0.6 is 0 Å². The van der Waals surface area contributed by atoms with Crippen molar-refractivity contribution in [3.63, 3.8) is 0 Å². The van der Waals surface area contributed by atoms with Gasteiger partial charge in [-0.3, -0.25) is 0 Å². The van der Waals surface area contributed by atoms with Crippen LogP contribution in [0.1, 0.15) is 0 Å². The zero-order valence-electron chi connectivity index (χ0n) is 8.28. The van der Waals surface area contributed by atoms with Gasteiger partial charge in [0.15, 0.2) is 0 Å². The van der Waals surface area contributed by atoms with Crippen molar-refractivity contribution < 1.29 is 28.7 Å². The first-order valence-corrected chi connectivity index (χ1v) is 4.04. The third kappa shape index (κ3) is 2.04. The molecule has 0 aromatic heterocycles. The van der Waals surface area contributed by atoms with Crippen LogP contribution < -0.4 is 28.7 Å². The van der Waals surface area contributed by atoms with Crippen LogP contribution in [0.4, 0.5) is 0 Å². The van der Waals surface area contributed by atoms with E-state index in [-0.39, 0.29) is 24.6 Å². The van der Waals surface area contributed by atoms with Gasteiger partial charge in [0, 0.05) is 0 Å². The second kappa shape index (κ2) is 4.41. The van der Waals surface area contributed by atoms with Crippen molar-refractivity contribution in [3.05, 3.63) is 36.4 Å². The van der Waals surface area contributed by atoms with Crippen LogP contribution in [-0.4, -0.2) is 7.11 Å². The number of rotatable bonds is 1. The summed E-state index contributed by atoms with van der Waals surface area (Å²) in [6.07, 6.45) is 0. The molecule has 0 bridgehead atoms. The van der Waals surface area contributed by atoms with Crippen molar-refractivity contribution in [2.75, 3.05) is 7.11 Å². The first-order chi connectivity index (χ1) is 6.29. The Kier molecular flexibility index (Phi) is 3.46. The summed E-state index contributed by atoms with van der Waals surface area (Å²) in [6.45, 7) is 0. The molecule has 0 amide bonds. The summed E-state index contributed by atoms with van der Waals surface area (Å²) < 4.78 is 5.06. The second-order valence-corrected chi connectivity index (χ2v) is 2.87. The van der Waals surface area contributed by atoms with Crippen LogP contribution in [0.5, 0.6) is 11.5 Å². The number of fused-ring (bicyclic) bond motifs is 1. The summed E-state index contributed by atoms with van der Waals surface area (Å²) in [5, 5.41) is 13.0. The van der Waals surface area contributed by atoms with E-state index in [0.717, 1.165) is 16.5 Å². The average molecular weight is 180 g/mol. The van der Waals surface area contributed by atoms with Gasteiger partial charge in [-0.2, -0.15) is 0 Å². The zero-order chi connectivity index (χ0) is 9.26. The Bertz CT molecular complexity index is 440. The molecule has 0 heterocycles. The van der Waals surface area contributed by atoms with E-state index in [4.69, 9.17) is 4.74 Å². The SMILES string of the molecule is COc1ccc2ccc([O-])cc2c1.[Li+]. The van der Waals surface area contributed by atoms with Gasteiger partial charge in [0.2, 0.25) is 0 Å². The van der Waals surface area contributed by atoms with Crippen molar-refractivity contribution in [3.8, 4) is 11.5 Å². The maximum atomic E-state index is 11.0. The Balaban J connectivity index is 0.000000980. The summed E-state index contributed by atoms with van der Waals surface area (Å²) in [6, 6.07) is 10.7. The minimum Gasteiger partial charge on any atom is -0.872 e. The van der Waals surface area contributed by atoms with Crippen molar-refractivity contribution >= 4 is 10.8 Å². The van der Waals surface area contributed by atoms with Crippen molar-refractivity contribution in [2.45, 2.75) is 0 Å². The average Bonchev–Trinajstić information content (AvgIpc) is 2.16. The molecule has 0 aliphatic carbocycles. The molecule has 0 saturated carbocycles. The first kappa shape index (κ1) is 11.0. The fourth-order valence-corrected chi connectivity index (χ4v) is 1.33. The van der Waals surface area contributed by atoms with Crippen molar-refractivity contribution in [1.82, 2.24) is 0 Å². The van der Waals surface area contributed by atoms with E-state index in [1.807, 2.05) is 24.3 Å². The Morgan fingerprint density at radius 3 is 2.43 bits per heavy atom. The summed E-state index contributed by atoms with van der Waals surface area (Å²) in [4.78, 5) is 0. The number of methoxy groups -OCH3 is 1. The molecular formula is C11H9LiO2. The van der Waals surface area contributed by atoms with E-state index >= 15 is 0 Å². The molecule has 2 rings (SSSR count). The van der Waals surface area contributed by atoms with E-state index < -0.39 is 0 Å². The fraction of sp³-hybridized carbons (Fsp3) is 0.0909. The van der Waals surface area contributed by atoms with Gasteiger partial charge in [0.25, 0.3) is 0 Å². The van der Waals surface area contributed by atoms with Gasteiger partial charge in [0.1, 0.15) is 5.75 Å². The van der Waals surface area contributed by atoms with Crippen LogP contribution in [0, 0.1) is 0 Å². The molecule has 0 aliphatic rings. The van der Waals surface area contributed by atoms with Crippen LogP contribution in [0.15, 0.2) is 36.4 Å². The zero-order valence-corrected chi connectivity index (χ0v) is 8.28. The fourth-order valence-electron chi connectivity index (χ4n) is 1.33. The first-order valence-electron chi connectivity index (χ1n) is 4.04. The molecule has 0 fully saturated rings. The molecule has 0 N–H and O–H groups in total. The number of hydrogen-bond acceptors (Lipinski definition) is 2. The smallest absolute Gasteiger partial charge is 0.872 e. The molecule has 2 nitrogen and oxygen atoms in total. The van der Waals surface area contributed by atoms with Gasteiger partial charge in [0.05, 0.1) is 7.11 Å². The van der Waals surface area contributed by atoms with Gasteiger partial charge in [-0.15, -0.1) is 5.75 Å². The van der Waals surface area contributed by atoms with E-state index in [1.54, 1.807) is 19.2 Å². The Hall–Kier alpha value is -1.10. The third-order valence-electron chi connectivity index (χ3n) is 2.02. The van der Waals surface area contributed by atoms with E-state index in [1.165, 1.54) is 0 Å². The van der Waals surface area contributed by atoms with Crippen molar-refractivity contribution in [2.24, 2.45) is 0 Å². The molecular weight excluding hydrogens is 171 g/mol. The molecule has 2 aromatic carbocycles. The molecule has 2 aromatic rings. The standard InChI is InChI=1S/C11H10O2.Li/c1-13-11-5-3-8-2-4-10(12)6-9(8)7-11;/h2-7,12H,1H3;/q;+1/p-1. The maximum Gasteiger partial charge on any atom is 1.00 e. The molecule has 0 spiro atoms. The number of ether oxygens (including phenoxy) is 1. The molecule has 0 atom stereocenters. The summed E-state index contributed by atoms with van der Waals surface area (Å²) in [7, 11) is 1.61. The van der Waals surface area contributed by atoms with Crippen LogP contribution in [-0.2, 0) is 0 Å². The Morgan fingerprint density at radius 2 is 1.71 bits per heavy atom.